The second-order valence-electron chi connectivity index (χ2n) is 3.80. The van der Waals surface area contributed by atoms with E-state index in [1.54, 1.807) is 11.3 Å². The number of hydrazine groups is 1. The molecule has 0 bridgehead atoms. The summed E-state index contributed by atoms with van der Waals surface area (Å²) < 4.78 is 0. The molecule has 0 spiro atoms. The van der Waals surface area contributed by atoms with Crippen LogP contribution in [0.15, 0.2) is 17.5 Å². The number of likely N-dealkylation sites (N-methyl/N-ethyl adjacent to an activating group) is 1. The first kappa shape index (κ1) is 13.2. The predicted molar refractivity (Wildman–Crippen MR) is 67.1 cm³/mol. The monoisotopic (exact) mass is 241 g/mol. The Kier molecular flexibility index (Phi) is 6.07. The average Bonchev–Trinajstić information content (AvgIpc) is 2.79. The lowest BCUT2D eigenvalue weighted by Gasteiger charge is -2.15. The van der Waals surface area contributed by atoms with Gasteiger partial charge in [-0.1, -0.05) is 6.07 Å². The van der Waals surface area contributed by atoms with Crippen molar-refractivity contribution in [3.05, 3.63) is 22.4 Å². The largest absolute Gasteiger partial charge is 0.306 e. The Balaban J connectivity index is 2.07. The quantitative estimate of drug-likeness (QED) is 0.425. The molecule has 0 saturated carbocycles. The van der Waals surface area contributed by atoms with E-state index in [-0.39, 0.29) is 5.91 Å². The Labute approximate surface area is 100 Å². The number of nitrogens with two attached hydrogens (primary N) is 1. The third-order valence-corrected chi connectivity index (χ3v) is 3.36. The fourth-order valence-electron chi connectivity index (χ4n) is 1.45. The summed E-state index contributed by atoms with van der Waals surface area (Å²) in [5, 5.41) is 2.10. The normalized spacial score (nSPS) is 10.7. The molecule has 5 heteroatoms. The van der Waals surface area contributed by atoms with Crippen molar-refractivity contribution in [3.63, 3.8) is 0 Å². The Morgan fingerprint density at radius 2 is 2.38 bits per heavy atom. The van der Waals surface area contributed by atoms with Gasteiger partial charge in [-0.2, -0.15) is 0 Å². The van der Waals surface area contributed by atoms with Crippen molar-refractivity contribution in [1.82, 2.24) is 10.3 Å². The third-order valence-electron chi connectivity index (χ3n) is 2.42. The molecule has 0 aliphatic carbocycles. The molecule has 1 aromatic heterocycles. The number of carbonyl (C=O) groups is 1. The van der Waals surface area contributed by atoms with E-state index in [0.29, 0.717) is 6.42 Å². The van der Waals surface area contributed by atoms with Crippen molar-refractivity contribution in [2.45, 2.75) is 19.3 Å². The number of thiophene rings is 1. The molecule has 1 aromatic rings. The second-order valence-corrected chi connectivity index (χ2v) is 4.84. The maximum absolute atomic E-state index is 10.9. The van der Waals surface area contributed by atoms with Crippen molar-refractivity contribution in [3.8, 4) is 0 Å². The van der Waals surface area contributed by atoms with Gasteiger partial charge in [0.1, 0.15) is 0 Å². The summed E-state index contributed by atoms with van der Waals surface area (Å²) in [5.74, 6) is 4.91. The van der Waals surface area contributed by atoms with Crippen molar-refractivity contribution in [2.75, 3.05) is 20.1 Å². The first-order valence-electron chi connectivity index (χ1n) is 5.42. The van der Waals surface area contributed by atoms with Gasteiger partial charge in [-0.3, -0.25) is 10.2 Å². The van der Waals surface area contributed by atoms with Crippen LogP contribution in [-0.2, 0) is 11.2 Å². The van der Waals surface area contributed by atoms with Crippen molar-refractivity contribution in [2.24, 2.45) is 5.84 Å². The molecule has 0 atom stereocenters. The summed E-state index contributed by atoms with van der Waals surface area (Å²) in [6, 6.07) is 4.23. The summed E-state index contributed by atoms with van der Waals surface area (Å²) in [5.41, 5.74) is 2.14. The van der Waals surface area contributed by atoms with E-state index in [2.05, 4.69) is 34.9 Å². The molecule has 0 radical (unpaired) electrons. The predicted octanol–water partition coefficient (Wildman–Crippen LogP) is 0.993. The molecular weight excluding hydrogens is 222 g/mol. The number of nitrogens with one attached hydrogen (secondary N) is 1. The molecule has 0 saturated heterocycles. The Morgan fingerprint density at radius 1 is 1.56 bits per heavy atom. The summed E-state index contributed by atoms with van der Waals surface area (Å²) in [6.45, 7) is 1.96. The van der Waals surface area contributed by atoms with Crippen LogP contribution in [0, 0.1) is 0 Å². The minimum Gasteiger partial charge on any atom is -0.306 e. The highest BCUT2D eigenvalue weighted by Gasteiger charge is 2.02. The number of carbonyl (C=O) groups excluding carboxylic acids is 1. The van der Waals surface area contributed by atoms with Gasteiger partial charge in [0, 0.05) is 17.8 Å². The lowest BCUT2D eigenvalue weighted by Crippen LogP contribution is -2.31. The molecule has 1 rings (SSSR count). The zero-order chi connectivity index (χ0) is 11.8. The van der Waals surface area contributed by atoms with Crippen molar-refractivity contribution in [1.29, 1.82) is 0 Å². The molecule has 0 aliphatic rings. The summed E-state index contributed by atoms with van der Waals surface area (Å²) in [4.78, 5) is 14.5. The third kappa shape index (κ3) is 5.25. The van der Waals surface area contributed by atoms with Crippen LogP contribution in [0.4, 0.5) is 0 Å². The van der Waals surface area contributed by atoms with E-state index in [1.165, 1.54) is 4.88 Å². The minimum atomic E-state index is -0.0911. The van der Waals surface area contributed by atoms with E-state index in [1.807, 2.05) is 0 Å². The van der Waals surface area contributed by atoms with E-state index in [4.69, 9.17) is 5.84 Å². The average molecular weight is 241 g/mol. The minimum absolute atomic E-state index is 0.0911. The topological polar surface area (TPSA) is 58.4 Å². The molecule has 0 fully saturated rings. The zero-order valence-corrected chi connectivity index (χ0v) is 10.4. The number of nitrogens with zero attached hydrogens (tertiary/aromatic N) is 1. The van der Waals surface area contributed by atoms with Gasteiger partial charge >= 0.3 is 0 Å². The van der Waals surface area contributed by atoms with Crippen molar-refractivity contribution < 1.29 is 4.79 Å². The van der Waals surface area contributed by atoms with Crippen LogP contribution >= 0.6 is 11.3 Å². The first-order valence-corrected chi connectivity index (χ1v) is 6.30. The van der Waals surface area contributed by atoms with Crippen LogP contribution < -0.4 is 11.3 Å². The van der Waals surface area contributed by atoms with Gasteiger partial charge in [0.05, 0.1) is 0 Å². The fourth-order valence-corrected chi connectivity index (χ4v) is 2.15. The van der Waals surface area contributed by atoms with Gasteiger partial charge in [-0.25, -0.2) is 5.84 Å². The van der Waals surface area contributed by atoms with Gasteiger partial charge in [0.15, 0.2) is 0 Å². The van der Waals surface area contributed by atoms with Crippen molar-refractivity contribution >= 4 is 17.2 Å². The van der Waals surface area contributed by atoms with E-state index >= 15 is 0 Å². The van der Waals surface area contributed by atoms with Crippen LogP contribution in [0.3, 0.4) is 0 Å². The molecule has 0 aliphatic heterocycles. The summed E-state index contributed by atoms with van der Waals surface area (Å²) in [6.07, 6.45) is 2.43. The second kappa shape index (κ2) is 7.38. The number of amides is 1. The maximum atomic E-state index is 10.9. The molecule has 0 unspecified atom stereocenters. The molecule has 3 N–H and O–H groups in total. The lowest BCUT2D eigenvalue weighted by molar-refractivity contribution is -0.121. The van der Waals surface area contributed by atoms with Gasteiger partial charge in [-0.15, -0.1) is 11.3 Å². The smallest absolute Gasteiger partial charge is 0.233 e. The lowest BCUT2D eigenvalue weighted by atomic mass is 10.2. The molecule has 1 amide bonds. The summed E-state index contributed by atoms with van der Waals surface area (Å²) in [7, 11) is 2.08. The van der Waals surface area contributed by atoms with Crippen LogP contribution in [0.1, 0.15) is 17.7 Å². The summed E-state index contributed by atoms with van der Waals surface area (Å²) >= 11 is 1.79. The Hall–Kier alpha value is -0.910. The van der Waals surface area contributed by atoms with E-state index in [0.717, 1.165) is 25.9 Å². The van der Waals surface area contributed by atoms with Gasteiger partial charge in [0.25, 0.3) is 0 Å². The van der Waals surface area contributed by atoms with Gasteiger partial charge in [0.2, 0.25) is 5.91 Å². The zero-order valence-electron chi connectivity index (χ0n) is 9.61. The number of hydrogen-bond donors (Lipinski definition) is 2. The van der Waals surface area contributed by atoms with E-state index < -0.39 is 0 Å². The van der Waals surface area contributed by atoms with Crippen LogP contribution in [0.25, 0.3) is 0 Å². The Morgan fingerprint density at radius 3 is 3.00 bits per heavy atom. The van der Waals surface area contributed by atoms with Gasteiger partial charge < -0.3 is 4.90 Å². The Bertz CT molecular complexity index is 300. The fraction of sp³-hybridized carbons (Fsp3) is 0.545. The van der Waals surface area contributed by atoms with Gasteiger partial charge in [-0.05, 0) is 37.9 Å². The van der Waals surface area contributed by atoms with E-state index in [9.17, 15) is 4.79 Å². The number of rotatable bonds is 7. The van der Waals surface area contributed by atoms with Crippen LogP contribution in [-0.4, -0.2) is 30.9 Å². The molecule has 0 aromatic carbocycles. The maximum Gasteiger partial charge on any atom is 0.233 e. The highest BCUT2D eigenvalue weighted by Crippen LogP contribution is 2.09. The molecule has 1 heterocycles. The SMILES string of the molecule is CN(CCCC(=O)NN)CCc1cccs1. The molecule has 90 valence electrons. The molecule has 4 nitrogen and oxygen atoms in total. The molecular formula is C11H19N3OS. The highest BCUT2D eigenvalue weighted by molar-refractivity contribution is 7.09. The van der Waals surface area contributed by atoms with Crippen LogP contribution in [0.5, 0.6) is 0 Å². The van der Waals surface area contributed by atoms with Crippen LogP contribution in [0.2, 0.25) is 0 Å². The number of hydrogen-bond acceptors (Lipinski definition) is 4. The highest BCUT2D eigenvalue weighted by atomic mass is 32.1. The first-order chi connectivity index (χ1) is 7.72. The molecule has 16 heavy (non-hydrogen) atoms. The standard InChI is InChI=1S/C11H19N3OS/c1-14(7-2-5-11(15)13-12)8-6-10-4-3-9-16-10/h3-4,9H,2,5-8,12H2,1H3,(H,13,15).